The second-order valence-corrected chi connectivity index (χ2v) is 4.51. The topological polar surface area (TPSA) is 29.5 Å². The first kappa shape index (κ1) is 9.52. The highest BCUT2D eigenvalue weighted by atomic mass is 16.5. The Balaban J connectivity index is 2.93. The smallest absolute Gasteiger partial charge is 0.326 e. The van der Waals surface area contributed by atoms with Gasteiger partial charge in [-0.25, -0.2) is 0 Å². The summed E-state index contributed by atoms with van der Waals surface area (Å²) in [5.41, 5.74) is -0.556. The second-order valence-electron chi connectivity index (χ2n) is 4.51. The van der Waals surface area contributed by atoms with E-state index in [1.165, 1.54) is 0 Å². The third kappa shape index (κ3) is 1.22. The molecule has 0 bridgehead atoms. The normalized spacial score (nSPS) is 28.2. The molecule has 0 saturated carbocycles. The highest BCUT2D eigenvalue weighted by molar-refractivity contribution is 5.80. The van der Waals surface area contributed by atoms with Crippen LogP contribution in [0.5, 0.6) is 0 Å². The Morgan fingerprint density at radius 3 is 2.25 bits per heavy atom. The lowest BCUT2D eigenvalue weighted by Gasteiger charge is -2.48. The molecule has 0 radical (unpaired) electrons. The van der Waals surface area contributed by atoms with Gasteiger partial charge in [0.15, 0.2) is 0 Å². The molecule has 3 nitrogen and oxygen atoms in total. The monoisotopic (exact) mass is 171 g/mol. The molecule has 0 amide bonds. The average Bonchev–Trinajstić information content (AvgIpc) is 1.96. The van der Waals surface area contributed by atoms with Crippen molar-refractivity contribution >= 4 is 5.97 Å². The molecule has 1 heterocycles. The number of carbonyl (C=O) groups excluding carboxylic acids is 1. The maximum Gasteiger partial charge on any atom is 0.326 e. The number of rotatable bonds is 0. The van der Waals surface area contributed by atoms with Gasteiger partial charge in [-0.1, -0.05) is 0 Å². The third-order valence-corrected chi connectivity index (χ3v) is 2.80. The van der Waals surface area contributed by atoms with Gasteiger partial charge in [0.25, 0.3) is 0 Å². The fourth-order valence-corrected chi connectivity index (χ4v) is 1.41. The van der Waals surface area contributed by atoms with Crippen LogP contribution in [0.1, 0.15) is 27.7 Å². The predicted molar refractivity (Wildman–Crippen MR) is 46.9 cm³/mol. The Morgan fingerprint density at radius 1 is 1.33 bits per heavy atom. The van der Waals surface area contributed by atoms with Crippen molar-refractivity contribution in [2.75, 3.05) is 13.7 Å². The van der Waals surface area contributed by atoms with Crippen molar-refractivity contribution < 1.29 is 9.53 Å². The fraction of sp³-hybridized carbons (Fsp3) is 0.889. The van der Waals surface area contributed by atoms with Gasteiger partial charge in [-0.2, -0.15) is 0 Å². The van der Waals surface area contributed by atoms with Crippen molar-refractivity contribution in [1.29, 1.82) is 0 Å². The van der Waals surface area contributed by atoms with Gasteiger partial charge in [-0.15, -0.1) is 0 Å². The van der Waals surface area contributed by atoms with E-state index in [2.05, 4.69) is 18.7 Å². The van der Waals surface area contributed by atoms with Crippen molar-refractivity contribution in [2.45, 2.75) is 38.8 Å². The van der Waals surface area contributed by atoms with E-state index in [0.29, 0.717) is 6.61 Å². The number of cyclic esters (lactones) is 1. The van der Waals surface area contributed by atoms with Crippen LogP contribution in [0.25, 0.3) is 0 Å². The SMILES string of the molecule is CN1C(C)(C)COC(=O)C1(C)C. The van der Waals surface area contributed by atoms with Crippen molar-refractivity contribution in [1.82, 2.24) is 4.90 Å². The maximum absolute atomic E-state index is 11.4. The molecular formula is C9H17NO2. The van der Waals surface area contributed by atoms with Gasteiger partial charge in [-0.05, 0) is 34.7 Å². The lowest BCUT2D eigenvalue weighted by molar-refractivity contribution is -0.177. The van der Waals surface area contributed by atoms with E-state index >= 15 is 0 Å². The molecule has 0 N–H and O–H groups in total. The van der Waals surface area contributed by atoms with Crippen LogP contribution in [0.15, 0.2) is 0 Å². The number of likely N-dealkylation sites (N-methyl/N-ethyl adjacent to an activating group) is 1. The van der Waals surface area contributed by atoms with Gasteiger partial charge < -0.3 is 4.74 Å². The summed E-state index contributed by atoms with van der Waals surface area (Å²) < 4.78 is 5.10. The minimum absolute atomic E-state index is 0.0581. The minimum Gasteiger partial charge on any atom is -0.462 e. The highest BCUT2D eigenvalue weighted by Gasteiger charge is 2.46. The van der Waals surface area contributed by atoms with Gasteiger partial charge in [-0.3, -0.25) is 9.69 Å². The Bertz CT molecular complexity index is 209. The largest absolute Gasteiger partial charge is 0.462 e. The number of esters is 1. The van der Waals surface area contributed by atoms with Crippen molar-refractivity contribution in [2.24, 2.45) is 0 Å². The summed E-state index contributed by atoms with van der Waals surface area (Å²) in [5, 5.41) is 0. The molecule has 1 fully saturated rings. The molecule has 0 aromatic carbocycles. The van der Waals surface area contributed by atoms with Crippen LogP contribution in [-0.4, -0.2) is 35.6 Å². The molecule has 0 unspecified atom stereocenters. The van der Waals surface area contributed by atoms with Crippen molar-refractivity contribution in [3.63, 3.8) is 0 Å². The number of nitrogens with zero attached hydrogens (tertiary/aromatic N) is 1. The van der Waals surface area contributed by atoms with E-state index in [-0.39, 0.29) is 11.5 Å². The Hall–Kier alpha value is -0.570. The third-order valence-electron chi connectivity index (χ3n) is 2.80. The molecule has 0 spiro atoms. The van der Waals surface area contributed by atoms with Crippen LogP contribution in [0.2, 0.25) is 0 Å². The maximum atomic E-state index is 11.4. The van der Waals surface area contributed by atoms with E-state index in [1.54, 1.807) is 0 Å². The Kier molecular flexibility index (Phi) is 1.95. The molecule has 70 valence electrons. The summed E-state index contributed by atoms with van der Waals surface area (Å²) in [5.74, 6) is -0.135. The van der Waals surface area contributed by atoms with E-state index in [4.69, 9.17) is 4.74 Å². The average molecular weight is 171 g/mol. The van der Waals surface area contributed by atoms with Gasteiger partial charge in [0, 0.05) is 0 Å². The quantitative estimate of drug-likeness (QED) is 0.510. The number of morpholine rings is 1. The molecule has 1 aliphatic heterocycles. The van der Waals surface area contributed by atoms with E-state index in [0.717, 1.165) is 0 Å². The number of carbonyl (C=O) groups is 1. The Morgan fingerprint density at radius 2 is 1.83 bits per heavy atom. The first-order chi connectivity index (χ1) is 5.28. The molecule has 0 aliphatic carbocycles. The van der Waals surface area contributed by atoms with Crippen LogP contribution in [-0.2, 0) is 9.53 Å². The van der Waals surface area contributed by atoms with Crippen LogP contribution < -0.4 is 0 Å². The molecule has 1 aliphatic rings. The first-order valence-electron chi connectivity index (χ1n) is 4.19. The van der Waals surface area contributed by atoms with Crippen LogP contribution in [0, 0.1) is 0 Å². The fourth-order valence-electron chi connectivity index (χ4n) is 1.41. The molecule has 12 heavy (non-hydrogen) atoms. The van der Waals surface area contributed by atoms with E-state index in [1.807, 2.05) is 20.9 Å². The van der Waals surface area contributed by atoms with E-state index < -0.39 is 5.54 Å². The molecule has 0 aromatic heterocycles. The standard InChI is InChI=1S/C9H17NO2/c1-8(2)6-12-7(11)9(3,4)10(8)5/h6H2,1-5H3. The van der Waals surface area contributed by atoms with Crippen LogP contribution in [0.3, 0.4) is 0 Å². The minimum atomic E-state index is -0.498. The van der Waals surface area contributed by atoms with Gasteiger partial charge in [0.05, 0.1) is 5.54 Å². The molecular weight excluding hydrogens is 154 g/mol. The van der Waals surface area contributed by atoms with Gasteiger partial charge in [0.2, 0.25) is 0 Å². The summed E-state index contributed by atoms with van der Waals surface area (Å²) >= 11 is 0. The molecule has 1 rings (SSSR count). The van der Waals surface area contributed by atoms with E-state index in [9.17, 15) is 4.79 Å². The first-order valence-corrected chi connectivity index (χ1v) is 4.19. The predicted octanol–water partition coefficient (Wildman–Crippen LogP) is 1.03. The molecule has 0 aromatic rings. The number of ether oxygens (including phenoxy) is 1. The lowest BCUT2D eigenvalue weighted by atomic mass is 9.92. The summed E-state index contributed by atoms with van der Waals surface area (Å²) in [6, 6.07) is 0. The summed E-state index contributed by atoms with van der Waals surface area (Å²) in [6.07, 6.45) is 0. The van der Waals surface area contributed by atoms with Crippen molar-refractivity contribution in [3.05, 3.63) is 0 Å². The van der Waals surface area contributed by atoms with Crippen molar-refractivity contribution in [3.8, 4) is 0 Å². The van der Waals surface area contributed by atoms with Crippen LogP contribution >= 0.6 is 0 Å². The zero-order valence-corrected chi connectivity index (χ0v) is 8.47. The van der Waals surface area contributed by atoms with Gasteiger partial charge >= 0.3 is 5.97 Å². The van der Waals surface area contributed by atoms with Crippen LogP contribution in [0.4, 0.5) is 0 Å². The molecule has 1 saturated heterocycles. The molecule has 3 heteroatoms. The van der Waals surface area contributed by atoms with Gasteiger partial charge in [0.1, 0.15) is 12.1 Å². The summed E-state index contributed by atoms with van der Waals surface area (Å²) in [4.78, 5) is 13.4. The summed E-state index contributed by atoms with van der Waals surface area (Å²) in [7, 11) is 1.96. The number of hydrogen-bond donors (Lipinski definition) is 0. The molecule has 0 atom stereocenters. The highest BCUT2D eigenvalue weighted by Crippen LogP contribution is 2.29. The Labute approximate surface area is 73.7 Å². The second kappa shape index (κ2) is 2.46. The zero-order chi connectivity index (χ0) is 9.57. The lowest BCUT2D eigenvalue weighted by Crippen LogP contribution is -2.64. The zero-order valence-electron chi connectivity index (χ0n) is 8.47. The number of hydrogen-bond acceptors (Lipinski definition) is 3. The summed E-state index contributed by atoms with van der Waals surface area (Å²) in [6.45, 7) is 8.39.